The maximum absolute atomic E-state index is 12.1. The molecule has 0 aromatic heterocycles. The first-order valence-corrected chi connectivity index (χ1v) is 4.98. The zero-order valence-corrected chi connectivity index (χ0v) is 14.8. The van der Waals surface area contributed by atoms with Crippen molar-refractivity contribution in [2.24, 2.45) is 0 Å². The van der Waals surface area contributed by atoms with Crippen LogP contribution in [0.15, 0.2) is 24.3 Å². The summed E-state index contributed by atoms with van der Waals surface area (Å²) < 4.78 is 129. The van der Waals surface area contributed by atoms with Gasteiger partial charge in [-0.25, -0.2) is 4.39 Å². The van der Waals surface area contributed by atoms with Gasteiger partial charge in [-0.3, -0.25) is 0 Å². The SMILES string of the molecule is F[B-](F)(F)F.F[B-](F)(F)F.F[B-](F)(F)F.[CH2-]c1cccc(F)c1.[K+]. The van der Waals surface area contributed by atoms with Gasteiger partial charge in [-0.15, -0.1) is 12.1 Å². The number of hydrogen-bond donors (Lipinski definition) is 0. The van der Waals surface area contributed by atoms with Crippen molar-refractivity contribution in [1.82, 2.24) is 0 Å². The van der Waals surface area contributed by atoms with Crippen LogP contribution in [0.5, 0.6) is 0 Å². The summed E-state index contributed by atoms with van der Waals surface area (Å²) in [5, 5.41) is 0. The van der Waals surface area contributed by atoms with Crippen LogP contribution in [0.2, 0.25) is 0 Å². The van der Waals surface area contributed by atoms with E-state index in [-0.39, 0.29) is 57.2 Å². The first-order chi connectivity index (χ1) is 9.79. The van der Waals surface area contributed by atoms with Gasteiger partial charge in [-0.05, 0) is 0 Å². The summed E-state index contributed by atoms with van der Waals surface area (Å²) in [6.07, 6.45) is 0. The number of hydrogen-bond acceptors (Lipinski definition) is 0. The third kappa shape index (κ3) is 97.0. The Bertz CT molecular complexity index is 351. The second kappa shape index (κ2) is 14.2. The van der Waals surface area contributed by atoms with E-state index in [2.05, 4.69) is 6.92 Å². The molecule has 0 saturated carbocycles. The molecule has 0 bridgehead atoms. The molecule has 1 rings (SSSR count). The second-order valence-corrected chi connectivity index (χ2v) is 3.11. The van der Waals surface area contributed by atoms with E-state index in [1.165, 1.54) is 12.1 Å². The van der Waals surface area contributed by atoms with Gasteiger partial charge in [-0.2, -0.15) is 18.6 Å². The fourth-order valence-electron chi connectivity index (χ4n) is 0.537. The third-order valence-electron chi connectivity index (χ3n) is 0.889. The molecule has 0 radical (unpaired) electrons. The van der Waals surface area contributed by atoms with E-state index in [0.29, 0.717) is 5.56 Å². The smallest absolute Gasteiger partial charge is 0.418 e. The van der Waals surface area contributed by atoms with Gasteiger partial charge >= 0.3 is 73.1 Å². The molecule has 0 aliphatic carbocycles. The molecule has 0 nitrogen and oxygen atoms in total. The topological polar surface area (TPSA) is 0 Å². The van der Waals surface area contributed by atoms with Crippen molar-refractivity contribution in [3.8, 4) is 0 Å². The molecule has 0 saturated heterocycles. The van der Waals surface area contributed by atoms with E-state index in [4.69, 9.17) is 0 Å². The monoisotopic (exact) mass is 409 g/mol. The predicted octanol–water partition coefficient (Wildman–Crippen LogP) is 2.91. The van der Waals surface area contributed by atoms with Crippen LogP contribution in [0.25, 0.3) is 0 Å². The van der Waals surface area contributed by atoms with Gasteiger partial charge in [0.15, 0.2) is 0 Å². The van der Waals surface area contributed by atoms with Gasteiger partial charge in [0.1, 0.15) is 0 Å². The van der Waals surface area contributed by atoms with Crippen molar-refractivity contribution >= 4 is 21.8 Å². The molecule has 1 aromatic rings. The van der Waals surface area contributed by atoms with Crippen molar-refractivity contribution in [1.29, 1.82) is 0 Å². The molecule has 0 amide bonds. The van der Waals surface area contributed by atoms with Gasteiger partial charge < -0.3 is 51.8 Å². The molecule has 17 heteroatoms. The molecular formula is C7H6B3F13K-3. The molecule has 0 spiro atoms. The predicted molar refractivity (Wildman–Crippen MR) is 61.4 cm³/mol. The van der Waals surface area contributed by atoms with Crippen LogP contribution in [-0.2, 0) is 0 Å². The van der Waals surface area contributed by atoms with Gasteiger partial charge in [0.05, 0.1) is 5.82 Å². The summed E-state index contributed by atoms with van der Waals surface area (Å²) in [5.41, 5.74) is 0.713. The van der Waals surface area contributed by atoms with Crippen molar-refractivity contribution in [2.75, 3.05) is 0 Å². The van der Waals surface area contributed by atoms with Crippen molar-refractivity contribution in [3.05, 3.63) is 42.6 Å². The molecule has 0 aliphatic rings. The minimum absolute atomic E-state index is 0. The number of benzene rings is 1. The summed E-state index contributed by atoms with van der Waals surface area (Å²) in [4.78, 5) is 0. The Morgan fingerprint density at radius 1 is 0.625 bits per heavy atom. The molecule has 0 aliphatic heterocycles. The van der Waals surface area contributed by atoms with E-state index in [1.54, 1.807) is 12.1 Å². The Hall–Kier alpha value is 0.0112. The Labute approximate surface area is 170 Å². The fourth-order valence-corrected chi connectivity index (χ4v) is 0.537. The van der Waals surface area contributed by atoms with Crippen LogP contribution in [0.1, 0.15) is 5.56 Å². The van der Waals surface area contributed by atoms with E-state index in [9.17, 15) is 56.2 Å². The van der Waals surface area contributed by atoms with Gasteiger partial charge in [0.25, 0.3) is 0 Å². The molecule has 24 heavy (non-hydrogen) atoms. The number of rotatable bonds is 0. The minimum atomic E-state index is -6.00. The second-order valence-electron chi connectivity index (χ2n) is 3.11. The van der Waals surface area contributed by atoms with Gasteiger partial charge in [0, 0.05) is 0 Å². The van der Waals surface area contributed by atoms with Crippen LogP contribution in [0.4, 0.5) is 56.2 Å². The summed E-state index contributed by atoms with van der Waals surface area (Å²) in [7, 11) is -18.0. The van der Waals surface area contributed by atoms with Crippen molar-refractivity contribution in [2.45, 2.75) is 0 Å². The van der Waals surface area contributed by atoms with E-state index in [0.717, 1.165) is 0 Å². The first-order valence-electron chi connectivity index (χ1n) is 4.98. The van der Waals surface area contributed by atoms with Crippen LogP contribution >= 0.6 is 0 Å². The molecule has 138 valence electrons. The van der Waals surface area contributed by atoms with E-state index >= 15 is 0 Å². The molecule has 0 N–H and O–H groups in total. The largest absolute Gasteiger partial charge is 1.00 e. The molecular weight excluding hydrogens is 403 g/mol. The van der Waals surface area contributed by atoms with Gasteiger partial charge in [-0.1, -0.05) is 6.07 Å². The standard InChI is InChI=1S/C7H6F.3BF4.K/c1-6-3-2-4-7(8)5-6;3*2-1(3,4)5;/h2-5H,1H2;;;;/q4*-1;+1. The molecule has 0 atom stereocenters. The first kappa shape index (κ1) is 31.8. The third-order valence-corrected chi connectivity index (χ3v) is 0.889. The van der Waals surface area contributed by atoms with Crippen LogP contribution in [0, 0.1) is 12.7 Å². The summed E-state index contributed by atoms with van der Waals surface area (Å²) in [6, 6.07) is 6.18. The summed E-state index contributed by atoms with van der Waals surface area (Å²) in [5.74, 6) is -0.225. The zero-order valence-electron chi connectivity index (χ0n) is 11.7. The van der Waals surface area contributed by atoms with Crippen molar-refractivity contribution < 1.29 is 108 Å². The average Bonchev–Trinajstić information content (AvgIpc) is 2.07. The van der Waals surface area contributed by atoms with Gasteiger partial charge in [0.2, 0.25) is 0 Å². The Balaban J connectivity index is -0.000000113. The Kier molecular flexibility index (Phi) is 18.8. The molecule has 0 unspecified atom stereocenters. The molecule has 0 fully saturated rings. The molecule has 1 aromatic carbocycles. The van der Waals surface area contributed by atoms with E-state index in [1.807, 2.05) is 0 Å². The van der Waals surface area contributed by atoms with Crippen LogP contribution in [0.3, 0.4) is 0 Å². The summed E-state index contributed by atoms with van der Waals surface area (Å²) >= 11 is 0. The number of halogens is 13. The summed E-state index contributed by atoms with van der Waals surface area (Å²) in [6.45, 7) is 3.54. The zero-order chi connectivity index (χ0) is 19.5. The fraction of sp³-hybridized carbons (Fsp3) is 0. The minimum Gasteiger partial charge on any atom is -0.418 e. The normalized spacial score (nSPS) is 10.5. The van der Waals surface area contributed by atoms with Crippen molar-refractivity contribution in [3.63, 3.8) is 0 Å². The maximum Gasteiger partial charge on any atom is 1.00 e. The Morgan fingerprint density at radius 2 is 0.875 bits per heavy atom. The quantitative estimate of drug-likeness (QED) is 0.352. The average molecular weight is 409 g/mol. The van der Waals surface area contributed by atoms with E-state index < -0.39 is 21.8 Å². The molecule has 0 heterocycles. The Morgan fingerprint density at radius 3 is 1.00 bits per heavy atom. The van der Waals surface area contributed by atoms with Crippen LogP contribution in [-0.4, -0.2) is 21.8 Å². The van der Waals surface area contributed by atoms with Crippen LogP contribution < -0.4 is 51.4 Å². The maximum atomic E-state index is 12.1.